The summed E-state index contributed by atoms with van der Waals surface area (Å²) in [5.74, 6) is 0.787. The van der Waals surface area contributed by atoms with Crippen LogP contribution in [-0.4, -0.2) is 30.1 Å². The van der Waals surface area contributed by atoms with Crippen molar-refractivity contribution >= 4 is 5.91 Å². The van der Waals surface area contributed by atoms with Gasteiger partial charge in [0.25, 0.3) is 5.91 Å². The van der Waals surface area contributed by atoms with Gasteiger partial charge in [-0.05, 0) is 25.1 Å². The second kappa shape index (κ2) is 5.01. The summed E-state index contributed by atoms with van der Waals surface area (Å²) in [6, 6.07) is 5.42. The van der Waals surface area contributed by atoms with Crippen LogP contribution in [0.4, 0.5) is 0 Å². The lowest BCUT2D eigenvalue weighted by Crippen LogP contribution is -2.12. The van der Waals surface area contributed by atoms with Gasteiger partial charge in [0.1, 0.15) is 0 Å². The smallest absolute Gasteiger partial charge is 0.284 e. The molecule has 0 aliphatic rings. The molecule has 0 radical (unpaired) electrons. The lowest BCUT2D eigenvalue weighted by atomic mass is 10.1. The first-order chi connectivity index (χ1) is 9.06. The van der Waals surface area contributed by atoms with E-state index in [0.717, 1.165) is 11.3 Å². The number of H-pyrrole nitrogens is 1. The molecular weight excluding hydrogens is 246 g/mol. The molecule has 100 valence electrons. The molecule has 2 aromatic rings. The van der Waals surface area contributed by atoms with E-state index in [1.807, 2.05) is 13.0 Å². The van der Waals surface area contributed by atoms with Gasteiger partial charge < -0.3 is 20.2 Å². The fourth-order valence-electron chi connectivity index (χ4n) is 1.84. The molecular formula is C13H15N3O3. The molecule has 3 N–H and O–H groups in total. The molecule has 1 aromatic heterocycles. The van der Waals surface area contributed by atoms with Crippen molar-refractivity contribution in [3.63, 3.8) is 0 Å². The van der Waals surface area contributed by atoms with Crippen molar-refractivity contribution in [2.24, 2.45) is 5.73 Å². The van der Waals surface area contributed by atoms with Crippen molar-refractivity contribution in [1.29, 1.82) is 0 Å². The van der Waals surface area contributed by atoms with Crippen molar-refractivity contribution in [2.45, 2.75) is 6.92 Å². The SMILES string of the molecule is COc1ccc(-c2nc(C(N)=O)[nH]c2C)cc1OC. The first-order valence-corrected chi connectivity index (χ1v) is 5.65. The fourth-order valence-corrected chi connectivity index (χ4v) is 1.84. The fraction of sp³-hybridized carbons (Fsp3) is 0.231. The summed E-state index contributed by atoms with van der Waals surface area (Å²) in [4.78, 5) is 18.1. The predicted octanol–water partition coefficient (Wildman–Crippen LogP) is 1.50. The standard InChI is InChI=1S/C13H15N3O3/c1-7-11(16-13(15-7)12(14)17)8-4-5-9(18-2)10(6-8)19-3/h4-6H,1-3H3,(H2,14,17)(H,15,16). The lowest BCUT2D eigenvalue weighted by Gasteiger charge is -2.08. The number of carbonyl (C=O) groups excluding carboxylic acids is 1. The summed E-state index contributed by atoms with van der Waals surface area (Å²) in [5, 5.41) is 0. The second-order valence-electron chi connectivity index (χ2n) is 3.99. The van der Waals surface area contributed by atoms with E-state index >= 15 is 0 Å². The molecule has 0 saturated carbocycles. The molecule has 1 heterocycles. The summed E-state index contributed by atoms with van der Waals surface area (Å²) < 4.78 is 10.4. The van der Waals surface area contributed by atoms with Crippen molar-refractivity contribution in [3.8, 4) is 22.8 Å². The third kappa shape index (κ3) is 2.37. The number of aromatic amines is 1. The Bertz CT molecular complexity index is 620. The molecule has 19 heavy (non-hydrogen) atoms. The number of aromatic nitrogens is 2. The summed E-state index contributed by atoms with van der Waals surface area (Å²) in [6.07, 6.45) is 0. The third-order valence-corrected chi connectivity index (χ3v) is 2.78. The van der Waals surface area contributed by atoms with Gasteiger partial charge in [0.2, 0.25) is 0 Å². The molecule has 6 nitrogen and oxygen atoms in total. The second-order valence-corrected chi connectivity index (χ2v) is 3.99. The highest BCUT2D eigenvalue weighted by molar-refractivity contribution is 5.90. The molecule has 2 rings (SSSR count). The molecule has 0 aliphatic carbocycles. The minimum atomic E-state index is -0.588. The van der Waals surface area contributed by atoms with Gasteiger partial charge in [-0.1, -0.05) is 0 Å². The number of nitrogens with one attached hydrogen (secondary N) is 1. The lowest BCUT2D eigenvalue weighted by molar-refractivity contribution is 0.0991. The van der Waals surface area contributed by atoms with Crippen LogP contribution in [0.1, 0.15) is 16.3 Å². The Hall–Kier alpha value is -2.50. The summed E-state index contributed by atoms with van der Waals surface area (Å²) >= 11 is 0. The number of amides is 1. The highest BCUT2D eigenvalue weighted by Crippen LogP contribution is 2.32. The highest BCUT2D eigenvalue weighted by Gasteiger charge is 2.14. The van der Waals surface area contributed by atoms with Crippen LogP contribution >= 0.6 is 0 Å². The third-order valence-electron chi connectivity index (χ3n) is 2.78. The zero-order chi connectivity index (χ0) is 14.0. The zero-order valence-electron chi connectivity index (χ0n) is 11.0. The van der Waals surface area contributed by atoms with Crippen molar-refractivity contribution < 1.29 is 14.3 Å². The van der Waals surface area contributed by atoms with Crippen LogP contribution in [0.2, 0.25) is 0 Å². The molecule has 0 fully saturated rings. The Morgan fingerprint density at radius 3 is 2.47 bits per heavy atom. The van der Waals surface area contributed by atoms with Crippen LogP contribution in [-0.2, 0) is 0 Å². The summed E-state index contributed by atoms with van der Waals surface area (Å²) in [7, 11) is 3.14. The van der Waals surface area contributed by atoms with E-state index < -0.39 is 5.91 Å². The molecule has 0 aliphatic heterocycles. The van der Waals surface area contributed by atoms with Crippen LogP contribution < -0.4 is 15.2 Å². The average molecular weight is 261 g/mol. The summed E-state index contributed by atoms with van der Waals surface area (Å²) in [6.45, 7) is 1.82. The minimum Gasteiger partial charge on any atom is -0.493 e. The largest absolute Gasteiger partial charge is 0.493 e. The van der Waals surface area contributed by atoms with Gasteiger partial charge in [0, 0.05) is 11.3 Å². The van der Waals surface area contributed by atoms with E-state index in [1.165, 1.54) is 0 Å². The van der Waals surface area contributed by atoms with E-state index in [4.69, 9.17) is 15.2 Å². The number of benzene rings is 1. The van der Waals surface area contributed by atoms with E-state index in [-0.39, 0.29) is 5.82 Å². The molecule has 0 saturated heterocycles. The molecule has 0 atom stereocenters. The quantitative estimate of drug-likeness (QED) is 0.872. The van der Waals surface area contributed by atoms with Gasteiger partial charge in [0.15, 0.2) is 17.3 Å². The molecule has 0 spiro atoms. The molecule has 0 unspecified atom stereocenters. The zero-order valence-corrected chi connectivity index (χ0v) is 11.0. The Labute approximate surface area is 110 Å². The molecule has 1 amide bonds. The van der Waals surface area contributed by atoms with Gasteiger partial charge in [-0.25, -0.2) is 4.98 Å². The number of ether oxygens (including phenoxy) is 2. The van der Waals surface area contributed by atoms with Crippen LogP contribution in [0.25, 0.3) is 11.3 Å². The monoisotopic (exact) mass is 261 g/mol. The van der Waals surface area contributed by atoms with Gasteiger partial charge in [0.05, 0.1) is 19.9 Å². The summed E-state index contributed by atoms with van der Waals surface area (Å²) in [5.41, 5.74) is 7.44. The van der Waals surface area contributed by atoms with E-state index in [0.29, 0.717) is 17.2 Å². The van der Waals surface area contributed by atoms with Gasteiger partial charge in [-0.15, -0.1) is 0 Å². The van der Waals surface area contributed by atoms with Crippen molar-refractivity contribution in [1.82, 2.24) is 9.97 Å². The first-order valence-electron chi connectivity index (χ1n) is 5.65. The molecule has 6 heteroatoms. The maximum Gasteiger partial charge on any atom is 0.284 e. The van der Waals surface area contributed by atoms with Crippen LogP contribution in [0.5, 0.6) is 11.5 Å². The van der Waals surface area contributed by atoms with Crippen molar-refractivity contribution in [2.75, 3.05) is 14.2 Å². The molecule has 0 bridgehead atoms. The number of primary amides is 1. The van der Waals surface area contributed by atoms with Crippen molar-refractivity contribution in [3.05, 3.63) is 29.7 Å². The van der Waals surface area contributed by atoms with Gasteiger partial charge in [-0.3, -0.25) is 4.79 Å². The van der Waals surface area contributed by atoms with E-state index in [9.17, 15) is 4.79 Å². The maximum atomic E-state index is 11.1. The van der Waals surface area contributed by atoms with Crippen LogP contribution in [0.3, 0.4) is 0 Å². The highest BCUT2D eigenvalue weighted by atomic mass is 16.5. The predicted molar refractivity (Wildman–Crippen MR) is 70.4 cm³/mol. The number of aryl methyl sites for hydroxylation is 1. The average Bonchev–Trinajstić information content (AvgIpc) is 2.80. The maximum absolute atomic E-state index is 11.1. The Morgan fingerprint density at radius 2 is 1.95 bits per heavy atom. The number of hydrogen-bond acceptors (Lipinski definition) is 4. The Morgan fingerprint density at radius 1 is 1.26 bits per heavy atom. The normalized spacial score (nSPS) is 10.3. The Balaban J connectivity index is 2.50. The first kappa shape index (κ1) is 12.9. The number of carbonyl (C=O) groups is 1. The molecule has 1 aromatic carbocycles. The number of imidazole rings is 1. The minimum absolute atomic E-state index is 0.141. The number of rotatable bonds is 4. The van der Waals surface area contributed by atoms with Gasteiger partial charge >= 0.3 is 0 Å². The number of methoxy groups -OCH3 is 2. The Kier molecular flexibility index (Phi) is 3.41. The number of nitrogens with zero attached hydrogens (tertiary/aromatic N) is 1. The van der Waals surface area contributed by atoms with Crippen LogP contribution in [0, 0.1) is 6.92 Å². The van der Waals surface area contributed by atoms with Crippen LogP contribution in [0.15, 0.2) is 18.2 Å². The van der Waals surface area contributed by atoms with E-state index in [1.54, 1.807) is 26.4 Å². The number of nitrogens with two attached hydrogens (primary N) is 1. The van der Waals surface area contributed by atoms with Gasteiger partial charge in [-0.2, -0.15) is 0 Å². The topological polar surface area (TPSA) is 90.2 Å². The number of hydrogen-bond donors (Lipinski definition) is 2. The van der Waals surface area contributed by atoms with E-state index in [2.05, 4.69) is 9.97 Å².